The van der Waals surface area contributed by atoms with Crippen molar-refractivity contribution in [2.45, 2.75) is 0 Å². The van der Waals surface area contributed by atoms with Crippen molar-refractivity contribution in [3.8, 4) is 5.75 Å². The summed E-state index contributed by atoms with van der Waals surface area (Å²) < 4.78 is 0. The smallest absolute Gasteiger partial charge is 0.333 e. The van der Waals surface area contributed by atoms with Crippen LogP contribution in [0.2, 0.25) is 0 Å². The van der Waals surface area contributed by atoms with Gasteiger partial charge in [0, 0.05) is 6.07 Å². The standard InChI is InChI=1S/C16H11N3O5/c20-14-7-6-10(9-13(14)19(23)24)8-12-15(21)18(16(22)17-12)11-4-2-1-3-5-11/h1-9,20H,(H,17,22)/b12-8+. The summed E-state index contributed by atoms with van der Waals surface area (Å²) >= 11 is 0. The molecule has 24 heavy (non-hydrogen) atoms. The van der Waals surface area contributed by atoms with Gasteiger partial charge >= 0.3 is 11.7 Å². The lowest BCUT2D eigenvalue weighted by Crippen LogP contribution is -2.30. The Kier molecular flexibility index (Phi) is 3.70. The van der Waals surface area contributed by atoms with Crippen LogP contribution in [0.1, 0.15) is 5.56 Å². The van der Waals surface area contributed by atoms with Crippen LogP contribution in [0.15, 0.2) is 54.2 Å². The molecule has 1 fully saturated rings. The second-order valence-corrected chi connectivity index (χ2v) is 4.97. The lowest BCUT2D eigenvalue weighted by molar-refractivity contribution is -0.385. The first kappa shape index (κ1) is 15.2. The molecule has 1 aliphatic rings. The average Bonchev–Trinajstić information content (AvgIpc) is 2.83. The predicted molar refractivity (Wildman–Crippen MR) is 85.2 cm³/mol. The SMILES string of the molecule is O=C1N/C(=C/c2ccc(O)c([N+](=O)[O-])c2)C(=O)N1c1ccccc1. The summed E-state index contributed by atoms with van der Waals surface area (Å²) in [4.78, 5) is 35.5. The Bertz CT molecular complexity index is 877. The zero-order chi connectivity index (χ0) is 17.3. The number of urea groups is 1. The molecular formula is C16H11N3O5. The third-order valence-electron chi connectivity index (χ3n) is 3.40. The summed E-state index contributed by atoms with van der Waals surface area (Å²) in [6, 6.07) is 11.5. The molecule has 0 aromatic heterocycles. The highest BCUT2D eigenvalue weighted by Crippen LogP contribution is 2.28. The van der Waals surface area contributed by atoms with Gasteiger partial charge in [0.2, 0.25) is 0 Å². The van der Waals surface area contributed by atoms with Gasteiger partial charge in [-0.2, -0.15) is 0 Å². The van der Waals surface area contributed by atoms with Crippen LogP contribution < -0.4 is 10.2 Å². The molecule has 8 nitrogen and oxygen atoms in total. The number of hydrogen-bond donors (Lipinski definition) is 2. The van der Waals surface area contributed by atoms with Crippen molar-refractivity contribution >= 4 is 29.4 Å². The molecule has 120 valence electrons. The first-order chi connectivity index (χ1) is 11.5. The van der Waals surface area contributed by atoms with Crippen molar-refractivity contribution in [3.05, 3.63) is 69.9 Å². The number of nitrogens with one attached hydrogen (secondary N) is 1. The highest BCUT2D eigenvalue weighted by molar-refractivity contribution is 6.28. The number of phenolic OH excluding ortho intramolecular Hbond substituents is 1. The number of nitrogens with zero attached hydrogens (tertiary/aromatic N) is 2. The Hall–Kier alpha value is -3.68. The second kappa shape index (κ2) is 5.84. The first-order valence-electron chi connectivity index (χ1n) is 6.87. The molecule has 0 saturated carbocycles. The highest BCUT2D eigenvalue weighted by atomic mass is 16.6. The minimum Gasteiger partial charge on any atom is -0.502 e. The first-order valence-corrected chi connectivity index (χ1v) is 6.87. The van der Waals surface area contributed by atoms with Gasteiger partial charge in [0.25, 0.3) is 5.91 Å². The molecule has 0 unspecified atom stereocenters. The minimum absolute atomic E-state index is 0.0103. The number of amides is 3. The lowest BCUT2D eigenvalue weighted by Gasteiger charge is -2.10. The quantitative estimate of drug-likeness (QED) is 0.389. The Balaban J connectivity index is 1.95. The molecule has 1 heterocycles. The van der Waals surface area contributed by atoms with Gasteiger partial charge in [-0.15, -0.1) is 0 Å². The number of nitro groups is 1. The van der Waals surface area contributed by atoms with E-state index in [1.54, 1.807) is 30.3 Å². The molecule has 0 aliphatic carbocycles. The van der Waals surface area contributed by atoms with E-state index in [0.29, 0.717) is 11.3 Å². The fourth-order valence-corrected chi connectivity index (χ4v) is 2.29. The molecule has 2 N–H and O–H groups in total. The fourth-order valence-electron chi connectivity index (χ4n) is 2.29. The summed E-state index contributed by atoms with van der Waals surface area (Å²) in [5.74, 6) is -1.04. The van der Waals surface area contributed by atoms with E-state index >= 15 is 0 Å². The van der Waals surface area contributed by atoms with Gasteiger partial charge in [-0.25, -0.2) is 9.69 Å². The Labute approximate surface area is 135 Å². The number of nitro benzene ring substituents is 1. The van der Waals surface area contributed by atoms with Gasteiger partial charge in [-0.3, -0.25) is 14.9 Å². The van der Waals surface area contributed by atoms with Gasteiger partial charge < -0.3 is 10.4 Å². The van der Waals surface area contributed by atoms with Crippen LogP contribution in [-0.4, -0.2) is 22.0 Å². The van der Waals surface area contributed by atoms with Crippen LogP contribution >= 0.6 is 0 Å². The average molecular weight is 325 g/mol. The molecule has 2 aromatic carbocycles. The molecule has 1 saturated heterocycles. The van der Waals surface area contributed by atoms with E-state index in [-0.39, 0.29) is 5.70 Å². The fraction of sp³-hybridized carbons (Fsp3) is 0. The van der Waals surface area contributed by atoms with Crippen molar-refractivity contribution in [1.29, 1.82) is 0 Å². The molecule has 0 radical (unpaired) electrons. The van der Waals surface area contributed by atoms with Crippen molar-refractivity contribution < 1.29 is 19.6 Å². The Morgan fingerprint density at radius 2 is 1.83 bits per heavy atom. The largest absolute Gasteiger partial charge is 0.502 e. The minimum atomic E-state index is -0.733. The zero-order valence-electron chi connectivity index (χ0n) is 12.2. The summed E-state index contributed by atoms with van der Waals surface area (Å²) in [5, 5.41) is 22.7. The van der Waals surface area contributed by atoms with Crippen LogP contribution in [0.25, 0.3) is 6.08 Å². The van der Waals surface area contributed by atoms with E-state index in [1.165, 1.54) is 12.1 Å². The van der Waals surface area contributed by atoms with E-state index in [0.717, 1.165) is 17.0 Å². The molecule has 3 rings (SSSR count). The maximum Gasteiger partial charge on any atom is 0.333 e. The summed E-state index contributed by atoms with van der Waals surface area (Å²) in [6.07, 6.45) is 1.32. The molecule has 0 spiro atoms. The number of anilines is 1. The number of phenols is 1. The molecule has 0 atom stereocenters. The maximum absolute atomic E-state index is 12.4. The molecule has 2 aromatic rings. The second-order valence-electron chi connectivity index (χ2n) is 4.97. The number of para-hydroxylation sites is 1. The van der Waals surface area contributed by atoms with E-state index in [9.17, 15) is 24.8 Å². The zero-order valence-corrected chi connectivity index (χ0v) is 12.2. The lowest BCUT2D eigenvalue weighted by atomic mass is 10.1. The molecular weight excluding hydrogens is 314 g/mol. The van der Waals surface area contributed by atoms with E-state index in [4.69, 9.17) is 0 Å². The molecule has 8 heteroatoms. The number of hydrogen-bond acceptors (Lipinski definition) is 5. The van der Waals surface area contributed by atoms with Gasteiger partial charge in [-0.05, 0) is 29.8 Å². The van der Waals surface area contributed by atoms with E-state index < -0.39 is 28.3 Å². The highest BCUT2D eigenvalue weighted by Gasteiger charge is 2.34. The summed E-state index contributed by atoms with van der Waals surface area (Å²) in [7, 11) is 0. The predicted octanol–water partition coefficient (Wildman–Crippen LogP) is 2.40. The third-order valence-corrected chi connectivity index (χ3v) is 3.40. The van der Waals surface area contributed by atoms with E-state index in [1.807, 2.05) is 0 Å². The van der Waals surface area contributed by atoms with Crippen LogP contribution in [0, 0.1) is 10.1 Å². The molecule has 0 bridgehead atoms. The van der Waals surface area contributed by atoms with Gasteiger partial charge in [0.15, 0.2) is 5.75 Å². The maximum atomic E-state index is 12.4. The van der Waals surface area contributed by atoms with Crippen molar-refractivity contribution in [3.63, 3.8) is 0 Å². The number of carbonyl (C=O) groups is 2. The summed E-state index contributed by atoms with van der Waals surface area (Å²) in [5.41, 5.74) is 0.225. The molecule has 3 amide bonds. The topological polar surface area (TPSA) is 113 Å². The van der Waals surface area contributed by atoms with Crippen LogP contribution in [0.3, 0.4) is 0 Å². The Morgan fingerprint density at radius 3 is 2.50 bits per heavy atom. The normalized spacial score (nSPS) is 15.7. The number of imide groups is 1. The van der Waals surface area contributed by atoms with Crippen molar-refractivity contribution in [1.82, 2.24) is 5.32 Å². The Morgan fingerprint density at radius 1 is 1.12 bits per heavy atom. The molecule has 1 aliphatic heterocycles. The number of rotatable bonds is 3. The summed E-state index contributed by atoms with van der Waals surface area (Å²) in [6.45, 7) is 0. The number of aromatic hydroxyl groups is 1. The van der Waals surface area contributed by atoms with Gasteiger partial charge in [0.05, 0.1) is 10.6 Å². The van der Waals surface area contributed by atoms with Crippen LogP contribution in [-0.2, 0) is 4.79 Å². The van der Waals surface area contributed by atoms with Gasteiger partial charge in [-0.1, -0.05) is 24.3 Å². The van der Waals surface area contributed by atoms with Crippen LogP contribution in [0.4, 0.5) is 16.2 Å². The van der Waals surface area contributed by atoms with Crippen LogP contribution in [0.5, 0.6) is 5.75 Å². The van der Waals surface area contributed by atoms with Crippen molar-refractivity contribution in [2.75, 3.05) is 4.90 Å². The number of carbonyl (C=O) groups excluding carboxylic acids is 2. The third kappa shape index (κ3) is 2.68. The number of benzene rings is 2. The van der Waals surface area contributed by atoms with Crippen molar-refractivity contribution in [2.24, 2.45) is 0 Å². The monoisotopic (exact) mass is 325 g/mol. The van der Waals surface area contributed by atoms with Gasteiger partial charge in [0.1, 0.15) is 5.70 Å². The van der Waals surface area contributed by atoms with E-state index in [2.05, 4.69) is 5.32 Å².